The summed E-state index contributed by atoms with van der Waals surface area (Å²) in [4.78, 5) is 1.92. The van der Waals surface area contributed by atoms with Crippen LogP contribution in [0.4, 0.5) is 5.69 Å². The van der Waals surface area contributed by atoms with Crippen molar-refractivity contribution in [1.82, 2.24) is 4.31 Å². The van der Waals surface area contributed by atoms with Crippen LogP contribution in [-0.2, 0) is 16.6 Å². The monoisotopic (exact) mass is 324 g/mol. The second kappa shape index (κ2) is 6.95. The summed E-state index contributed by atoms with van der Waals surface area (Å²) in [6.45, 7) is 0.812. The minimum Gasteiger partial charge on any atom is -0.446 e. The molecule has 0 aliphatic heterocycles. The zero-order valence-electron chi connectivity index (χ0n) is 12.6. The van der Waals surface area contributed by atoms with Crippen LogP contribution in [-0.4, -0.2) is 45.1 Å². The molecule has 2 aromatic rings. The topological polar surface area (TPSA) is 74.0 Å². The lowest BCUT2D eigenvalue weighted by atomic mass is 10.2. The first-order valence-corrected chi connectivity index (χ1v) is 8.31. The number of sulfonamides is 1. The lowest BCUT2D eigenvalue weighted by Gasteiger charge is -2.22. The predicted octanol–water partition coefficient (Wildman–Crippen LogP) is 1.53. The van der Waals surface area contributed by atoms with E-state index in [0.717, 1.165) is 9.99 Å². The molecule has 0 saturated carbocycles. The number of hydrogen-bond acceptors (Lipinski definition) is 5. The van der Waals surface area contributed by atoms with Gasteiger partial charge in [-0.25, -0.2) is 12.7 Å². The van der Waals surface area contributed by atoms with Crippen molar-refractivity contribution in [3.63, 3.8) is 0 Å². The summed E-state index contributed by atoms with van der Waals surface area (Å²) < 4.78 is 30.6. The molecule has 0 spiro atoms. The van der Waals surface area contributed by atoms with E-state index >= 15 is 0 Å². The fourth-order valence-corrected chi connectivity index (χ4v) is 2.82. The average molecular weight is 324 g/mol. The molecule has 0 saturated heterocycles. The fraction of sp³-hybridized carbons (Fsp3) is 0.333. The molecule has 1 aromatic carbocycles. The normalized spacial score (nSPS) is 11.8. The molecule has 6 nitrogen and oxygen atoms in total. The molecule has 0 atom stereocenters. The summed E-state index contributed by atoms with van der Waals surface area (Å²) in [5.41, 5.74) is 0.935. The number of para-hydroxylation sites is 1. The number of furan rings is 1. The van der Waals surface area contributed by atoms with Crippen molar-refractivity contribution in [2.75, 3.05) is 32.1 Å². The molecule has 0 aliphatic carbocycles. The van der Waals surface area contributed by atoms with Crippen LogP contribution in [0.25, 0.3) is 0 Å². The number of nitrogens with zero attached hydrogens (tertiary/aromatic N) is 2. The van der Waals surface area contributed by atoms with E-state index in [1.807, 2.05) is 35.2 Å². The van der Waals surface area contributed by atoms with Gasteiger partial charge in [0.25, 0.3) is 10.0 Å². The molecule has 0 fully saturated rings. The third-order valence-electron chi connectivity index (χ3n) is 3.21. The second-order valence-corrected chi connectivity index (χ2v) is 7.07. The first-order valence-electron chi connectivity index (χ1n) is 6.87. The standard InChI is InChI=1S/C15H20N2O4S/c1-16(2)22(19,20)15-9-8-14(21-15)12-17(10-11-18)13-6-4-3-5-7-13/h3-9,18H,10-12H2,1-2H3. The zero-order chi connectivity index (χ0) is 16.2. The van der Waals surface area contributed by atoms with Crippen molar-refractivity contribution in [2.24, 2.45) is 0 Å². The van der Waals surface area contributed by atoms with Gasteiger partial charge in [0.05, 0.1) is 13.2 Å². The van der Waals surface area contributed by atoms with E-state index in [4.69, 9.17) is 4.42 Å². The van der Waals surface area contributed by atoms with Crippen molar-refractivity contribution < 1.29 is 17.9 Å². The number of benzene rings is 1. The first-order chi connectivity index (χ1) is 10.4. The van der Waals surface area contributed by atoms with Gasteiger partial charge in [-0.15, -0.1) is 0 Å². The lowest BCUT2D eigenvalue weighted by Crippen LogP contribution is -2.25. The Hall–Kier alpha value is -1.83. The largest absolute Gasteiger partial charge is 0.446 e. The molecule has 1 heterocycles. The molecular weight excluding hydrogens is 304 g/mol. The summed E-state index contributed by atoms with van der Waals surface area (Å²) in [5.74, 6) is 0.526. The van der Waals surface area contributed by atoms with Gasteiger partial charge in [-0.05, 0) is 24.3 Å². The SMILES string of the molecule is CN(C)S(=O)(=O)c1ccc(CN(CCO)c2ccccc2)o1. The maximum absolute atomic E-state index is 12.0. The molecule has 0 aliphatic rings. The van der Waals surface area contributed by atoms with Crippen LogP contribution in [0.2, 0.25) is 0 Å². The third-order valence-corrected chi connectivity index (χ3v) is 4.90. The number of aliphatic hydroxyl groups is 1. The van der Waals surface area contributed by atoms with E-state index < -0.39 is 10.0 Å². The Kier molecular flexibility index (Phi) is 5.23. The maximum atomic E-state index is 12.0. The van der Waals surface area contributed by atoms with Crippen LogP contribution in [0.15, 0.2) is 52.0 Å². The van der Waals surface area contributed by atoms with E-state index in [9.17, 15) is 13.5 Å². The highest BCUT2D eigenvalue weighted by Crippen LogP contribution is 2.21. The van der Waals surface area contributed by atoms with Crippen LogP contribution in [0, 0.1) is 0 Å². The molecule has 0 bridgehead atoms. The molecule has 0 unspecified atom stereocenters. The number of anilines is 1. The number of aliphatic hydroxyl groups excluding tert-OH is 1. The van der Waals surface area contributed by atoms with Crippen molar-refractivity contribution >= 4 is 15.7 Å². The van der Waals surface area contributed by atoms with Gasteiger partial charge in [-0.1, -0.05) is 18.2 Å². The Morgan fingerprint density at radius 1 is 1.09 bits per heavy atom. The van der Waals surface area contributed by atoms with Gasteiger partial charge in [0.1, 0.15) is 5.76 Å². The maximum Gasteiger partial charge on any atom is 0.275 e. The summed E-state index contributed by atoms with van der Waals surface area (Å²) in [7, 11) is -0.654. The van der Waals surface area contributed by atoms with Crippen LogP contribution < -0.4 is 4.90 Å². The Bertz CT molecular complexity index is 695. The predicted molar refractivity (Wildman–Crippen MR) is 84.2 cm³/mol. The van der Waals surface area contributed by atoms with E-state index in [-0.39, 0.29) is 11.7 Å². The first kappa shape index (κ1) is 16.5. The third kappa shape index (κ3) is 3.68. The van der Waals surface area contributed by atoms with E-state index in [1.54, 1.807) is 6.07 Å². The van der Waals surface area contributed by atoms with Gasteiger partial charge < -0.3 is 14.4 Å². The van der Waals surface area contributed by atoms with E-state index in [2.05, 4.69) is 0 Å². The minimum absolute atomic E-state index is 0.00153. The van der Waals surface area contributed by atoms with Crippen LogP contribution in [0.1, 0.15) is 5.76 Å². The Morgan fingerprint density at radius 3 is 2.36 bits per heavy atom. The minimum atomic E-state index is -3.57. The Morgan fingerprint density at radius 2 is 1.77 bits per heavy atom. The van der Waals surface area contributed by atoms with Gasteiger partial charge in [-0.2, -0.15) is 0 Å². The second-order valence-electron chi connectivity index (χ2n) is 4.99. The number of hydrogen-bond donors (Lipinski definition) is 1. The lowest BCUT2D eigenvalue weighted by molar-refractivity contribution is 0.299. The van der Waals surface area contributed by atoms with Crippen molar-refractivity contribution in [3.8, 4) is 0 Å². The average Bonchev–Trinajstić information content (AvgIpc) is 2.97. The van der Waals surface area contributed by atoms with Gasteiger partial charge in [0.15, 0.2) is 0 Å². The smallest absolute Gasteiger partial charge is 0.275 e. The molecular formula is C15H20N2O4S. The zero-order valence-corrected chi connectivity index (χ0v) is 13.5. The Labute approximate surface area is 130 Å². The highest BCUT2D eigenvalue weighted by Gasteiger charge is 2.22. The van der Waals surface area contributed by atoms with Gasteiger partial charge in [0, 0.05) is 26.3 Å². The molecule has 7 heteroatoms. The van der Waals surface area contributed by atoms with Crippen molar-refractivity contribution in [1.29, 1.82) is 0 Å². The van der Waals surface area contributed by atoms with Gasteiger partial charge in [0.2, 0.25) is 5.09 Å². The van der Waals surface area contributed by atoms with Crippen LogP contribution in [0.3, 0.4) is 0 Å². The summed E-state index contributed by atoms with van der Waals surface area (Å²) in [5, 5.41) is 9.13. The quantitative estimate of drug-likeness (QED) is 0.836. The van der Waals surface area contributed by atoms with Crippen LogP contribution in [0.5, 0.6) is 0 Å². The molecule has 2 rings (SSSR count). The molecule has 1 N–H and O–H groups in total. The van der Waals surface area contributed by atoms with E-state index in [0.29, 0.717) is 18.8 Å². The van der Waals surface area contributed by atoms with E-state index in [1.165, 1.54) is 20.2 Å². The molecule has 1 aromatic heterocycles. The summed E-state index contributed by atoms with van der Waals surface area (Å²) in [6.07, 6.45) is 0. The van der Waals surface area contributed by atoms with Crippen LogP contribution >= 0.6 is 0 Å². The Balaban J connectivity index is 2.20. The van der Waals surface area contributed by atoms with Gasteiger partial charge >= 0.3 is 0 Å². The summed E-state index contributed by atoms with van der Waals surface area (Å²) >= 11 is 0. The fourth-order valence-electron chi connectivity index (χ4n) is 2.01. The molecule has 22 heavy (non-hydrogen) atoms. The van der Waals surface area contributed by atoms with Gasteiger partial charge in [-0.3, -0.25) is 0 Å². The summed E-state index contributed by atoms with van der Waals surface area (Å²) in [6, 6.07) is 12.7. The molecule has 0 radical (unpaired) electrons. The highest BCUT2D eigenvalue weighted by molar-refractivity contribution is 7.88. The van der Waals surface area contributed by atoms with Crippen molar-refractivity contribution in [2.45, 2.75) is 11.6 Å². The number of rotatable bonds is 7. The highest BCUT2D eigenvalue weighted by atomic mass is 32.2. The molecule has 0 amide bonds. The van der Waals surface area contributed by atoms with Crippen molar-refractivity contribution in [3.05, 3.63) is 48.2 Å². The molecule has 120 valence electrons.